The van der Waals surface area contributed by atoms with Crippen molar-refractivity contribution >= 4 is 17.5 Å². The number of likely N-dealkylation sites (N-methyl/N-ethyl adjacent to an activating group) is 1. The zero-order chi connectivity index (χ0) is 19.1. The molecule has 5 heteroatoms. The Morgan fingerprint density at radius 1 is 0.962 bits per heavy atom. The number of benzene rings is 2. The van der Waals surface area contributed by atoms with Crippen LogP contribution in [0.1, 0.15) is 46.0 Å². The van der Waals surface area contributed by atoms with Crippen LogP contribution >= 0.6 is 0 Å². The van der Waals surface area contributed by atoms with Crippen LogP contribution in [0.5, 0.6) is 0 Å². The Labute approximate surface area is 155 Å². The molecule has 0 unspecified atom stereocenters. The second-order valence-electron chi connectivity index (χ2n) is 6.84. The summed E-state index contributed by atoms with van der Waals surface area (Å²) in [7, 11) is 3.90. The third kappa shape index (κ3) is 5.43. The van der Waals surface area contributed by atoms with E-state index in [1.165, 1.54) is 0 Å². The van der Waals surface area contributed by atoms with Crippen LogP contribution in [-0.4, -0.2) is 43.9 Å². The molecular formula is C21H27N3O2. The van der Waals surface area contributed by atoms with Gasteiger partial charge < -0.3 is 15.5 Å². The molecule has 0 bridgehead atoms. The lowest BCUT2D eigenvalue weighted by atomic mass is 10.0. The number of hydrogen-bond donors (Lipinski definition) is 2. The van der Waals surface area contributed by atoms with Crippen molar-refractivity contribution in [2.45, 2.75) is 19.8 Å². The first-order chi connectivity index (χ1) is 12.4. The van der Waals surface area contributed by atoms with E-state index in [1.807, 2.05) is 43.3 Å². The van der Waals surface area contributed by atoms with Crippen molar-refractivity contribution in [1.29, 1.82) is 0 Å². The van der Waals surface area contributed by atoms with E-state index in [-0.39, 0.29) is 11.8 Å². The van der Waals surface area contributed by atoms with Gasteiger partial charge in [0, 0.05) is 29.9 Å². The Morgan fingerprint density at radius 2 is 1.62 bits per heavy atom. The van der Waals surface area contributed by atoms with Gasteiger partial charge in [0.05, 0.1) is 0 Å². The van der Waals surface area contributed by atoms with Crippen LogP contribution in [0.4, 0.5) is 5.69 Å². The predicted octanol–water partition coefficient (Wildman–Crippen LogP) is 3.35. The number of rotatable bonds is 7. The average Bonchev–Trinajstić information content (AvgIpc) is 2.61. The van der Waals surface area contributed by atoms with Gasteiger partial charge in [-0.05, 0) is 49.8 Å². The lowest BCUT2D eigenvalue weighted by Gasteiger charge is -2.14. The number of anilines is 1. The van der Waals surface area contributed by atoms with E-state index in [2.05, 4.69) is 24.5 Å². The van der Waals surface area contributed by atoms with E-state index in [1.54, 1.807) is 24.3 Å². The minimum atomic E-state index is -0.221. The lowest BCUT2D eigenvalue weighted by molar-refractivity contribution is 0.0951. The minimum Gasteiger partial charge on any atom is -0.351 e. The summed E-state index contributed by atoms with van der Waals surface area (Å²) in [6, 6.07) is 14.5. The zero-order valence-corrected chi connectivity index (χ0v) is 15.9. The maximum Gasteiger partial charge on any atom is 0.255 e. The number of para-hydroxylation sites is 1. The third-order valence-electron chi connectivity index (χ3n) is 4.06. The summed E-state index contributed by atoms with van der Waals surface area (Å²) < 4.78 is 0. The van der Waals surface area contributed by atoms with Gasteiger partial charge in [0.1, 0.15) is 0 Å². The summed E-state index contributed by atoms with van der Waals surface area (Å²) in [6.07, 6.45) is 0. The van der Waals surface area contributed by atoms with E-state index in [9.17, 15) is 9.59 Å². The number of carbonyl (C=O) groups excluding carboxylic acids is 2. The summed E-state index contributed by atoms with van der Waals surface area (Å²) in [5.74, 6) is -0.0922. The molecule has 0 spiro atoms. The monoisotopic (exact) mass is 353 g/mol. The van der Waals surface area contributed by atoms with Crippen molar-refractivity contribution in [2.24, 2.45) is 0 Å². The van der Waals surface area contributed by atoms with Gasteiger partial charge in [-0.3, -0.25) is 9.59 Å². The Bertz CT molecular complexity index is 769. The van der Waals surface area contributed by atoms with Crippen molar-refractivity contribution < 1.29 is 9.59 Å². The fraction of sp³-hybridized carbons (Fsp3) is 0.333. The van der Waals surface area contributed by atoms with E-state index in [0.717, 1.165) is 17.8 Å². The van der Waals surface area contributed by atoms with Gasteiger partial charge in [0.25, 0.3) is 11.8 Å². The second kappa shape index (κ2) is 9.15. The van der Waals surface area contributed by atoms with Crippen LogP contribution in [-0.2, 0) is 0 Å². The van der Waals surface area contributed by atoms with Gasteiger partial charge >= 0.3 is 0 Å². The van der Waals surface area contributed by atoms with E-state index in [0.29, 0.717) is 23.6 Å². The molecule has 26 heavy (non-hydrogen) atoms. The number of hydrogen-bond acceptors (Lipinski definition) is 3. The molecule has 0 saturated heterocycles. The third-order valence-corrected chi connectivity index (χ3v) is 4.06. The summed E-state index contributed by atoms with van der Waals surface area (Å²) in [4.78, 5) is 26.9. The zero-order valence-electron chi connectivity index (χ0n) is 15.9. The largest absolute Gasteiger partial charge is 0.351 e. The summed E-state index contributed by atoms with van der Waals surface area (Å²) in [5.41, 5.74) is 2.82. The highest BCUT2D eigenvalue weighted by Gasteiger charge is 2.13. The number of nitrogens with one attached hydrogen (secondary N) is 2. The molecule has 2 aromatic rings. The molecular weight excluding hydrogens is 326 g/mol. The summed E-state index contributed by atoms with van der Waals surface area (Å²) >= 11 is 0. The standard InChI is InChI=1S/C21H27N3O2/c1-15(2)18-10-5-6-11-19(18)23-21(26)17-9-7-8-16(14-17)20(25)22-12-13-24(3)4/h5-11,14-15H,12-13H2,1-4H3,(H,22,25)(H,23,26). The van der Waals surface area contributed by atoms with Crippen molar-refractivity contribution in [3.05, 3.63) is 65.2 Å². The first-order valence-electron chi connectivity index (χ1n) is 8.81. The molecule has 0 heterocycles. The molecule has 0 aromatic heterocycles. The molecule has 2 amide bonds. The van der Waals surface area contributed by atoms with Gasteiger partial charge in [-0.25, -0.2) is 0 Å². The first-order valence-corrected chi connectivity index (χ1v) is 8.81. The average molecular weight is 353 g/mol. The molecule has 2 rings (SSSR count). The summed E-state index contributed by atoms with van der Waals surface area (Å²) in [5, 5.41) is 5.81. The van der Waals surface area contributed by atoms with E-state index < -0.39 is 0 Å². The van der Waals surface area contributed by atoms with Crippen molar-refractivity contribution in [1.82, 2.24) is 10.2 Å². The van der Waals surface area contributed by atoms with Crippen molar-refractivity contribution in [3.63, 3.8) is 0 Å². The molecule has 0 radical (unpaired) electrons. The molecule has 0 aliphatic carbocycles. The maximum absolute atomic E-state index is 12.6. The maximum atomic E-state index is 12.6. The lowest BCUT2D eigenvalue weighted by Crippen LogP contribution is -2.31. The molecule has 0 aliphatic rings. The first kappa shape index (κ1) is 19.7. The fourth-order valence-electron chi connectivity index (χ4n) is 2.61. The number of carbonyl (C=O) groups is 2. The highest BCUT2D eigenvalue weighted by Crippen LogP contribution is 2.24. The molecule has 5 nitrogen and oxygen atoms in total. The van der Waals surface area contributed by atoms with Crippen LogP contribution in [0.25, 0.3) is 0 Å². The molecule has 0 fully saturated rings. The highest BCUT2D eigenvalue weighted by atomic mass is 16.2. The van der Waals surface area contributed by atoms with Gasteiger partial charge in [-0.1, -0.05) is 38.1 Å². The topological polar surface area (TPSA) is 61.4 Å². The molecule has 2 N–H and O–H groups in total. The molecule has 0 atom stereocenters. The Hall–Kier alpha value is -2.66. The van der Waals surface area contributed by atoms with Crippen LogP contribution in [0, 0.1) is 0 Å². The van der Waals surface area contributed by atoms with Crippen LogP contribution in [0.3, 0.4) is 0 Å². The van der Waals surface area contributed by atoms with Crippen LogP contribution in [0.15, 0.2) is 48.5 Å². The normalized spacial score (nSPS) is 10.8. The molecule has 0 saturated carbocycles. The summed E-state index contributed by atoms with van der Waals surface area (Å²) in [6.45, 7) is 5.50. The Kier molecular flexibility index (Phi) is 6.92. The van der Waals surface area contributed by atoms with Gasteiger partial charge in [-0.15, -0.1) is 0 Å². The van der Waals surface area contributed by atoms with E-state index >= 15 is 0 Å². The Balaban J connectivity index is 2.10. The molecule has 2 aromatic carbocycles. The quantitative estimate of drug-likeness (QED) is 0.802. The SMILES string of the molecule is CC(C)c1ccccc1NC(=O)c1cccc(C(=O)NCCN(C)C)c1. The second-order valence-corrected chi connectivity index (χ2v) is 6.84. The Morgan fingerprint density at radius 3 is 2.27 bits per heavy atom. The number of amides is 2. The minimum absolute atomic E-state index is 0.177. The molecule has 0 aliphatic heterocycles. The highest BCUT2D eigenvalue weighted by molar-refractivity contribution is 6.06. The van der Waals surface area contributed by atoms with E-state index in [4.69, 9.17) is 0 Å². The fourth-order valence-corrected chi connectivity index (χ4v) is 2.61. The van der Waals surface area contributed by atoms with Gasteiger partial charge in [0.15, 0.2) is 0 Å². The van der Waals surface area contributed by atoms with Gasteiger partial charge in [-0.2, -0.15) is 0 Å². The van der Waals surface area contributed by atoms with Crippen molar-refractivity contribution in [3.8, 4) is 0 Å². The van der Waals surface area contributed by atoms with Crippen LogP contribution in [0.2, 0.25) is 0 Å². The molecule has 138 valence electrons. The van der Waals surface area contributed by atoms with Crippen molar-refractivity contribution in [2.75, 3.05) is 32.5 Å². The predicted molar refractivity (Wildman–Crippen MR) is 106 cm³/mol. The smallest absolute Gasteiger partial charge is 0.255 e. The van der Waals surface area contributed by atoms with Gasteiger partial charge in [0.2, 0.25) is 0 Å². The van der Waals surface area contributed by atoms with Crippen LogP contribution < -0.4 is 10.6 Å². The number of nitrogens with zero attached hydrogens (tertiary/aromatic N) is 1.